The maximum atomic E-state index is 13.2. The Kier molecular flexibility index (Phi) is 6.46. The van der Waals surface area contributed by atoms with Crippen molar-refractivity contribution in [2.45, 2.75) is 42.6 Å². The SMILES string of the molecule is Cc1ccc(S(=O)(=O)Cn2nnnc2C(c2ccsc2)N2CCC(n3c(=O)[nH]c4ccccc43)CC2)cc1. The summed E-state index contributed by atoms with van der Waals surface area (Å²) >= 11 is 1.58. The minimum Gasteiger partial charge on any atom is -0.306 e. The zero-order valence-electron chi connectivity index (χ0n) is 20.8. The molecule has 1 aliphatic heterocycles. The van der Waals surface area contributed by atoms with Crippen molar-refractivity contribution in [1.82, 2.24) is 34.7 Å². The molecule has 4 heterocycles. The first-order valence-electron chi connectivity index (χ1n) is 12.4. The minimum absolute atomic E-state index is 0.0657. The van der Waals surface area contributed by atoms with Gasteiger partial charge in [-0.2, -0.15) is 11.3 Å². The molecule has 196 valence electrons. The Morgan fingerprint density at radius 1 is 1.08 bits per heavy atom. The van der Waals surface area contributed by atoms with Crippen LogP contribution in [0.1, 0.15) is 41.9 Å². The van der Waals surface area contributed by atoms with E-state index in [0.717, 1.165) is 35.0 Å². The molecule has 3 aromatic heterocycles. The topological polar surface area (TPSA) is 119 Å². The number of H-pyrrole nitrogens is 1. The van der Waals surface area contributed by atoms with Gasteiger partial charge in [0.1, 0.15) is 0 Å². The van der Waals surface area contributed by atoms with Crippen LogP contribution in [0.15, 0.2) is 75.0 Å². The Morgan fingerprint density at radius 2 is 1.84 bits per heavy atom. The predicted molar refractivity (Wildman–Crippen MR) is 145 cm³/mol. The van der Waals surface area contributed by atoms with Crippen molar-refractivity contribution < 1.29 is 8.42 Å². The number of sulfone groups is 1. The first-order chi connectivity index (χ1) is 18.4. The molecule has 6 rings (SSSR count). The number of nitrogens with zero attached hydrogens (tertiary/aromatic N) is 6. The number of rotatable bonds is 7. The van der Waals surface area contributed by atoms with Gasteiger partial charge >= 0.3 is 5.69 Å². The third kappa shape index (κ3) is 4.59. The van der Waals surface area contributed by atoms with Crippen molar-refractivity contribution in [3.63, 3.8) is 0 Å². The first kappa shape index (κ1) is 24.7. The molecule has 1 aliphatic rings. The molecule has 1 N–H and O–H groups in total. The van der Waals surface area contributed by atoms with Gasteiger partial charge in [-0.25, -0.2) is 17.9 Å². The summed E-state index contributed by atoms with van der Waals surface area (Å²) in [5.74, 6) is 0.141. The van der Waals surface area contributed by atoms with Crippen LogP contribution < -0.4 is 5.69 Å². The number of fused-ring (bicyclic) bond motifs is 1. The van der Waals surface area contributed by atoms with E-state index >= 15 is 0 Å². The number of aromatic amines is 1. The number of imidazole rings is 1. The lowest BCUT2D eigenvalue weighted by molar-refractivity contribution is 0.147. The van der Waals surface area contributed by atoms with Crippen molar-refractivity contribution in [1.29, 1.82) is 0 Å². The maximum absolute atomic E-state index is 13.2. The lowest BCUT2D eigenvalue weighted by Crippen LogP contribution is -2.40. The second-order valence-corrected chi connectivity index (χ2v) is 12.4. The third-order valence-corrected chi connectivity index (χ3v) is 9.47. The van der Waals surface area contributed by atoms with E-state index in [0.29, 0.717) is 18.9 Å². The van der Waals surface area contributed by atoms with E-state index < -0.39 is 9.84 Å². The molecule has 1 atom stereocenters. The fourth-order valence-corrected chi connectivity index (χ4v) is 7.16. The Bertz CT molecular complexity index is 1710. The van der Waals surface area contributed by atoms with Crippen molar-refractivity contribution >= 4 is 32.2 Å². The molecule has 0 spiro atoms. The van der Waals surface area contributed by atoms with E-state index in [9.17, 15) is 13.2 Å². The molecule has 0 amide bonds. The fraction of sp³-hybridized carbons (Fsp3) is 0.308. The van der Waals surface area contributed by atoms with Crippen LogP contribution in [-0.2, 0) is 15.7 Å². The van der Waals surface area contributed by atoms with E-state index in [1.807, 2.05) is 47.2 Å². The van der Waals surface area contributed by atoms with Crippen molar-refractivity contribution in [3.8, 4) is 0 Å². The lowest BCUT2D eigenvalue weighted by Gasteiger charge is -2.37. The Labute approximate surface area is 223 Å². The van der Waals surface area contributed by atoms with Crippen LogP contribution in [0.4, 0.5) is 0 Å². The van der Waals surface area contributed by atoms with Crippen molar-refractivity contribution in [2.75, 3.05) is 13.1 Å². The highest BCUT2D eigenvalue weighted by Crippen LogP contribution is 2.34. The normalized spacial score (nSPS) is 16.2. The van der Waals surface area contributed by atoms with E-state index in [1.54, 1.807) is 35.6 Å². The molecule has 1 fully saturated rings. The largest absolute Gasteiger partial charge is 0.326 e. The summed E-state index contributed by atoms with van der Waals surface area (Å²) in [5, 5.41) is 16.3. The number of aryl methyl sites for hydroxylation is 1. The van der Waals surface area contributed by atoms with Gasteiger partial charge in [-0.1, -0.05) is 29.8 Å². The van der Waals surface area contributed by atoms with Crippen LogP contribution in [-0.4, -0.2) is 56.2 Å². The summed E-state index contributed by atoms with van der Waals surface area (Å²) in [4.78, 5) is 18.2. The van der Waals surface area contributed by atoms with Gasteiger partial charge in [0, 0.05) is 19.1 Å². The van der Waals surface area contributed by atoms with Gasteiger partial charge < -0.3 is 4.98 Å². The molecule has 12 heteroatoms. The Morgan fingerprint density at radius 3 is 2.58 bits per heavy atom. The number of thiophene rings is 1. The van der Waals surface area contributed by atoms with Gasteiger partial charge in [-0.3, -0.25) is 9.47 Å². The summed E-state index contributed by atoms with van der Waals surface area (Å²) in [6.07, 6.45) is 1.54. The predicted octanol–water partition coefficient (Wildman–Crippen LogP) is 3.54. The molecule has 0 bridgehead atoms. The Balaban J connectivity index is 1.27. The third-order valence-electron chi connectivity index (χ3n) is 7.19. The van der Waals surface area contributed by atoms with Crippen molar-refractivity contribution in [3.05, 3.63) is 92.8 Å². The van der Waals surface area contributed by atoms with E-state index in [1.165, 1.54) is 4.68 Å². The highest BCUT2D eigenvalue weighted by atomic mass is 32.2. The van der Waals surface area contributed by atoms with Crippen molar-refractivity contribution in [2.24, 2.45) is 0 Å². The van der Waals surface area contributed by atoms with E-state index in [-0.39, 0.29) is 28.5 Å². The zero-order valence-corrected chi connectivity index (χ0v) is 22.4. The standard InChI is InChI=1S/C26H27N7O3S2/c1-18-6-8-21(9-7-18)38(35,36)17-32-25(28-29-30-32)24(19-12-15-37-16-19)31-13-10-20(11-14-31)33-23-5-3-2-4-22(23)27-26(33)34/h2-9,12,15-16,20,24H,10-11,13-14,17H2,1H3,(H,27,34). The van der Waals surface area contributed by atoms with Crippen LogP contribution in [0.2, 0.25) is 0 Å². The van der Waals surface area contributed by atoms with Crippen LogP contribution in [0, 0.1) is 6.92 Å². The second kappa shape index (κ2) is 9.93. The average molecular weight is 550 g/mol. The number of likely N-dealkylation sites (tertiary alicyclic amines) is 1. The fourth-order valence-electron chi connectivity index (χ4n) is 5.27. The number of hydrogen-bond acceptors (Lipinski definition) is 8. The second-order valence-electron chi connectivity index (χ2n) is 9.64. The summed E-state index contributed by atoms with van der Waals surface area (Å²) in [7, 11) is -3.66. The molecule has 1 unspecified atom stereocenters. The van der Waals surface area contributed by atoms with Gasteiger partial charge in [0.25, 0.3) is 0 Å². The van der Waals surface area contributed by atoms with E-state index in [2.05, 4.69) is 30.8 Å². The highest BCUT2D eigenvalue weighted by molar-refractivity contribution is 7.90. The molecule has 1 saturated heterocycles. The first-order valence-corrected chi connectivity index (χ1v) is 15.0. The van der Waals surface area contributed by atoms with E-state index in [4.69, 9.17) is 0 Å². The summed E-state index contributed by atoms with van der Waals surface area (Å²) in [6.45, 7) is 3.32. The molecule has 2 aromatic carbocycles. The van der Waals surface area contributed by atoms with Gasteiger partial charge in [-0.05, 0) is 76.8 Å². The van der Waals surface area contributed by atoms with Gasteiger partial charge in [0.2, 0.25) is 0 Å². The molecule has 38 heavy (non-hydrogen) atoms. The molecular weight excluding hydrogens is 522 g/mol. The van der Waals surface area contributed by atoms with Crippen LogP contribution in [0.25, 0.3) is 11.0 Å². The number of tetrazole rings is 1. The lowest BCUT2D eigenvalue weighted by atomic mass is 10.00. The van der Waals surface area contributed by atoms with Gasteiger partial charge in [-0.15, -0.1) is 5.10 Å². The van der Waals surface area contributed by atoms with Crippen LogP contribution in [0.3, 0.4) is 0 Å². The zero-order chi connectivity index (χ0) is 26.3. The Hall–Kier alpha value is -3.61. The molecular formula is C26H27N7O3S2. The number of para-hydroxylation sites is 2. The smallest absolute Gasteiger partial charge is 0.306 e. The molecule has 0 saturated carbocycles. The minimum atomic E-state index is -3.66. The molecule has 5 aromatic rings. The average Bonchev–Trinajstić information content (AvgIpc) is 3.66. The van der Waals surface area contributed by atoms with Crippen LogP contribution in [0.5, 0.6) is 0 Å². The quantitative estimate of drug-likeness (QED) is 0.330. The maximum Gasteiger partial charge on any atom is 0.326 e. The molecule has 10 nitrogen and oxygen atoms in total. The monoisotopic (exact) mass is 549 g/mol. The highest BCUT2D eigenvalue weighted by Gasteiger charge is 2.33. The number of piperidine rings is 1. The molecule has 0 radical (unpaired) electrons. The van der Waals surface area contributed by atoms with Gasteiger partial charge in [0.05, 0.1) is 22.0 Å². The number of benzene rings is 2. The molecule has 0 aliphatic carbocycles. The summed E-state index contributed by atoms with van der Waals surface area (Å²) < 4.78 is 29.7. The summed E-state index contributed by atoms with van der Waals surface area (Å²) in [6, 6.07) is 16.3. The van der Waals surface area contributed by atoms with Gasteiger partial charge in [0.15, 0.2) is 21.5 Å². The number of aromatic nitrogens is 6. The van der Waals surface area contributed by atoms with Crippen LogP contribution >= 0.6 is 11.3 Å². The summed E-state index contributed by atoms with van der Waals surface area (Å²) in [5.41, 5.74) is 3.66. The number of hydrogen-bond donors (Lipinski definition) is 1. The number of nitrogens with one attached hydrogen (secondary N) is 1.